The molecule has 0 atom stereocenters. The van der Waals surface area contributed by atoms with Crippen LogP contribution in [0.4, 0.5) is 0 Å². The molecule has 0 radical (unpaired) electrons. The number of rotatable bonds is 10. The molecule has 2 aromatic rings. The van der Waals surface area contributed by atoms with Gasteiger partial charge < -0.3 is 19.7 Å². The fraction of sp³-hybridized carbons (Fsp3) is 0.182. The Labute approximate surface area is 163 Å². The molecular formula is C22H22O6. The van der Waals surface area contributed by atoms with Crippen molar-refractivity contribution in [2.75, 3.05) is 13.2 Å². The third-order valence-electron chi connectivity index (χ3n) is 3.78. The van der Waals surface area contributed by atoms with E-state index in [0.717, 1.165) is 11.1 Å². The minimum atomic E-state index is -1.06. The Morgan fingerprint density at radius 3 is 2.39 bits per heavy atom. The third-order valence-corrected chi connectivity index (χ3v) is 3.78. The number of aromatic carboxylic acids is 1. The normalized spacial score (nSPS) is 11.0. The summed E-state index contributed by atoms with van der Waals surface area (Å²) in [6, 6.07) is 11.8. The second-order valence-corrected chi connectivity index (χ2v) is 5.87. The van der Waals surface area contributed by atoms with Crippen molar-refractivity contribution >= 4 is 18.0 Å². The zero-order valence-electron chi connectivity index (χ0n) is 15.5. The lowest BCUT2D eigenvalue weighted by atomic mass is 10.1. The summed E-state index contributed by atoms with van der Waals surface area (Å²) >= 11 is 0. The van der Waals surface area contributed by atoms with Crippen LogP contribution in [0.5, 0.6) is 11.5 Å². The average Bonchev–Trinajstić information content (AvgIpc) is 2.68. The second-order valence-electron chi connectivity index (χ2n) is 5.87. The Kier molecular flexibility index (Phi) is 7.84. The van der Waals surface area contributed by atoms with Crippen LogP contribution in [0.2, 0.25) is 0 Å². The Bertz CT molecular complexity index is 865. The van der Waals surface area contributed by atoms with E-state index in [-0.39, 0.29) is 5.56 Å². The molecule has 0 amide bonds. The highest BCUT2D eigenvalue weighted by atomic mass is 16.5. The molecule has 0 aliphatic rings. The minimum Gasteiger partial charge on any atom is -0.489 e. The molecule has 28 heavy (non-hydrogen) atoms. The van der Waals surface area contributed by atoms with Gasteiger partial charge in [-0.05, 0) is 42.7 Å². The van der Waals surface area contributed by atoms with E-state index in [1.54, 1.807) is 30.3 Å². The molecule has 0 fully saturated rings. The number of hydrogen-bond acceptors (Lipinski definition) is 4. The van der Waals surface area contributed by atoms with Crippen molar-refractivity contribution in [3.05, 3.63) is 77.4 Å². The highest BCUT2D eigenvalue weighted by Gasteiger charge is 2.08. The van der Waals surface area contributed by atoms with Crippen LogP contribution in [0.1, 0.15) is 28.4 Å². The predicted octanol–water partition coefficient (Wildman–Crippen LogP) is 4.06. The highest BCUT2D eigenvalue weighted by Crippen LogP contribution is 2.26. The van der Waals surface area contributed by atoms with Crippen molar-refractivity contribution in [1.82, 2.24) is 0 Å². The number of aliphatic carboxylic acids is 1. The molecule has 0 aromatic heterocycles. The van der Waals surface area contributed by atoms with Crippen LogP contribution in [0, 0.1) is 0 Å². The van der Waals surface area contributed by atoms with Gasteiger partial charge in [-0.2, -0.15) is 0 Å². The SMILES string of the molecule is C/C=C/COc1ccc(C/C=C/c2ccc(C(=O)O)cc2)c(OCC(=O)O)c1. The molecule has 0 spiro atoms. The summed E-state index contributed by atoms with van der Waals surface area (Å²) in [5.41, 5.74) is 1.91. The molecule has 0 aliphatic carbocycles. The molecular weight excluding hydrogens is 360 g/mol. The topological polar surface area (TPSA) is 93.1 Å². The van der Waals surface area contributed by atoms with Crippen molar-refractivity contribution in [1.29, 1.82) is 0 Å². The minimum absolute atomic E-state index is 0.231. The first-order valence-electron chi connectivity index (χ1n) is 8.71. The largest absolute Gasteiger partial charge is 0.489 e. The Morgan fingerprint density at radius 1 is 1.00 bits per heavy atom. The molecule has 2 aromatic carbocycles. The van der Waals surface area contributed by atoms with Crippen LogP contribution in [-0.4, -0.2) is 35.4 Å². The summed E-state index contributed by atoms with van der Waals surface area (Å²) in [6.07, 6.45) is 8.03. The number of allylic oxidation sites excluding steroid dienone is 2. The van der Waals surface area contributed by atoms with Crippen molar-refractivity contribution < 1.29 is 29.3 Å². The van der Waals surface area contributed by atoms with Gasteiger partial charge in [0.25, 0.3) is 0 Å². The van der Waals surface area contributed by atoms with Gasteiger partial charge in [-0.1, -0.05) is 42.5 Å². The standard InChI is InChI=1S/C22H22O6/c1-2-3-13-27-19-12-11-17(20(14-19)28-15-21(23)24)6-4-5-16-7-9-18(10-8-16)22(25)26/h2-5,7-12,14H,6,13,15H2,1H3,(H,23,24)(H,25,26)/b3-2+,5-4+. The summed E-state index contributed by atoms with van der Waals surface area (Å²) in [7, 11) is 0. The first kappa shape index (κ1) is 20.8. The summed E-state index contributed by atoms with van der Waals surface area (Å²) in [6.45, 7) is 1.88. The van der Waals surface area contributed by atoms with Gasteiger partial charge in [0.1, 0.15) is 18.1 Å². The van der Waals surface area contributed by atoms with Gasteiger partial charge in [-0.25, -0.2) is 9.59 Å². The van der Waals surface area contributed by atoms with Gasteiger partial charge in [-0.15, -0.1) is 0 Å². The van der Waals surface area contributed by atoms with Crippen LogP contribution in [0.3, 0.4) is 0 Å². The number of carbonyl (C=O) groups is 2. The number of ether oxygens (including phenoxy) is 2. The van der Waals surface area contributed by atoms with Crippen molar-refractivity contribution in [3.63, 3.8) is 0 Å². The first-order valence-corrected chi connectivity index (χ1v) is 8.71. The zero-order valence-corrected chi connectivity index (χ0v) is 15.5. The number of benzene rings is 2. The molecule has 0 saturated carbocycles. The number of carboxylic acid groups (broad SMARTS) is 2. The number of carboxylic acids is 2. The molecule has 0 saturated heterocycles. The molecule has 2 rings (SSSR count). The van der Waals surface area contributed by atoms with Crippen LogP contribution in [0.25, 0.3) is 6.08 Å². The summed E-state index contributed by atoms with van der Waals surface area (Å²) in [5, 5.41) is 17.8. The first-order chi connectivity index (χ1) is 13.5. The maximum atomic E-state index is 10.9. The Hall–Kier alpha value is -3.54. The zero-order chi connectivity index (χ0) is 20.4. The highest BCUT2D eigenvalue weighted by molar-refractivity contribution is 5.87. The molecule has 0 unspecified atom stereocenters. The Balaban J connectivity index is 2.10. The maximum absolute atomic E-state index is 10.9. The number of hydrogen-bond donors (Lipinski definition) is 2. The molecule has 2 N–H and O–H groups in total. The third kappa shape index (κ3) is 6.64. The van der Waals surface area contributed by atoms with E-state index in [2.05, 4.69) is 0 Å². The van der Waals surface area contributed by atoms with E-state index in [9.17, 15) is 9.59 Å². The maximum Gasteiger partial charge on any atom is 0.341 e. The summed E-state index contributed by atoms with van der Waals surface area (Å²) in [5.74, 6) is -0.977. The van der Waals surface area contributed by atoms with Crippen LogP contribution < -0.4 is 9.47 Å². The van der Waals surface area contributed by atoms with Crippen molar-refractivity contribution in [3.8, 4) is 11.5 Å². The van der Waals surface area contributed by atoms with E-state index in [1.165, 1.54) is 0 Å². The lowest BCUT2D eigenvalue weighted by Crippen LogP contribution is -2.10. The Morgan fingerprint density at radius 2 is 1.75 bits per heavy atom. The van der Waals surface area contributed by atoms with Crippen LogP contribution in [-0.2, 0) is 11.2 Å². The molecule has 6 nitrogen and oxygen atoms in total. The fourth-order valence-electron chi connectivity index (χ4n) is 2.37. The van der Waals surface area contributed by atoms with Crippen LogP contribution in [0.15, 0.2) is 60.7 Å². The molecule has 6 heteroatoms. The van der Waals surface area contributed by atoms with Gasteiger partial charge in [0, 0.05) is 6.07 Å². The fourth-order valence-corrected chi connectivity index (χ4v) is 2.37. The average molecular weight is 382 g/mol. The molecule has 0 heterocycles. The van der Waals surface area contributed by atoms with E-state index in [0.29, 0.717) is 24.5 Å². The van der Waals surface area contributed by atoms with E-state index >= 15 is 0 Å². The van der Waals surface area contributed by atoms with Crippen molar-refractivity contribution in [2.24, 2.45) is 0 Å². The molecule has 0 aliphatic heterocycles. The lowest BCUT2D eigenvalue weighted by Gasteiger charge is -2.11. The second kappa shape index (κ2) is 10.6. The van der Waals surface area contributed by atoms with E-state index in [1.807, 2.05) is 43.4 Å². The summed E-state index contributed by atoms with van der Waals surface area (Å²) < 4.78 is 11.0. The van der Waals surface area contributed by atoms with Gasteiger partial charge >= 0.3 is 11.9 Å². The van der Waals surface area contributed by atoms with Gasteiger partial charge in [0.05, 0.1) is 5.56 Å². The van der Waals surface area contributed by atoms with Crippen molar-refractivity contribution in [2.45, 2.75) is 13.3 Å². The predicted molar refractivity (Wildman–Crippen MR) is 106 cm³/mol. The van der Waals surface area contributed by atoms with Crippen LogP contribution >= 0.6 is 0 Å². The lowest BCUT2D eigenvalue weighted by molar-refractivity contribution is -0.139. The monoisotopic (exact) mass is 382 g/mol. The van der Waals surface area contributed by atoms with E-state index in [4.69, 9.17) is 19.7 Å². The van der Waals surface area contributed by atoms with Gasteiger partial charge in [-0.3, -0.25) is 0 Å². The molecule has 0 bridgehead atoms. The van der Waals surface area contributed by atoms with Gasteiger partial charge in [0.2, 0.25) is 0 Å². The van der Waals surface area contributed by atoms with E-state index < -0.39 is 18.5 Å². The quantitative estimate of drug-likeness (QED) is 0.602. The van der Waals surface area contributed by atoms with Gasteiger partial charge in [0.15, 0.2) is 6.61 Å². The molecule has 146 valence electrons. The smallest absolute Gasteiger partial charge is 0.341 e. The summed E-state index contributed by atoms with van der Waals surface area (Å²) in [4.78, 5) is 21.7.